The Balaban J connectivity index is 1.61. The van der Waals surface area contributed by atoms with Crippen LogP contribution in [-0.2, 0) is 23.0 Å². The van der Waals surface area contributed by atoms with E-state index in [4.69, 9.17) is 11.6 Å². The third kappa shape index (κ3) is 3.83. The molecule has 0 bridgehead atoms. The lowest BCUT2D eigenvalue weighted by Gasteiger charge is -2.28. The number of fused-ring (bicyclic) bond motifs is 1. The van der Waals surface area contributed by atoms with Crippen molar-refractivity contribution in [3.63, 3.8) is 0 Å². The molecule has 0 spiro atoms. The third-order valence-electron chi connectivity index (χ3n) is 5.06. The van der Waals surface area contributed by atoms with Gasteiger partial charge in [0.15, 0.2) is 0 Å². The standard InChI is InChI=1S/C21H19ClN2O3S2/c1-14-17(22)7-4-8-18(14)23-21(25)20-19(10-12-28-20)29(26,27)24-11-9-15-5-2-3-6-16(15)13-24/h2-8,10,12H,9,11,13H2,1H3,(H,23,25). The van der Waals surface area contributed by atoms with Crippen molar-refractivity contribution < 1.29 is 13.2 Å². The van der Waals surface area contributed by atoms with Crippen LogP contribution in [-0.4, -0.2) is 25.2 Å². The number of hydrogen-bond donors (Lipinski definition) is 1. The minimum absolute atomic E-state index is 0.0408. The van der Waals surface area contributed by atoms with Crippen LogP contribution in [0.25, 0.3) is 0 Å². The summed E-state index contributed by atoms with van der Waals surface area (Å²) in [5.41, 5.74) is 3.46. The van der Waals surface area contributed by atoms with E-state index in [0.717, 1.165) is 22.5 Å². The summed E-state index contributed by atoms with van der Waals surface area (Å²) < 4.78 is 28.0. The van der Waals surface area contributed by atoms with E-state index >= 15 is 0 Å². The first kappa shape index (κ1) is 20.1. The summed E-state index contributed by atoms with van der Waals surface area (Å²) in [4.78, 5) is 13.1. The van der Waals surface area contributed by atoms with E-state index in [2.05, 4.69) is 5.32 Å². The number of hydrogen-bond acceptors (Lipinski definition) is 4. The van der Waals surface area contributed by atoms with E-state index in [9.17, 15) is 13.2 Å². The van der Waals surface area contributed by atoms with Crippen molar-refractivity contribution >= 4 is 44.6 Å². The number of nitrogens with one attached hydrogen (secondary N) is 1. The molecule has 1 aliphatic rings. The fraction of sp³-hybridized carbons (Fsp3) is 0.190. The zero-order valence-corrected chi connectivity index (χ0v) is 18.1. The van der Waals surface area contributed by atoms with Gasteiger partial charge in [0.1, 0.15) is 9.77 Å². The average molecular weight is 447 g/mol. The summed E-state index contributed by atoms with van der Waals surface area (Å²) in [6.07, 6.45) is 0.656. The van der Waals surface area contributed by atoms with Crippen LogP contribution in [0.3, 0.4) is 0 Å². The second-order valence-electron chi connectivity index (χ2n) is 6.84. The zero-order chi connectivity index (χ0) is 20.6. The van der Waals surface area contributed by atoms with Gasteiger partial charge in [0.25, 0.3) is 5.91 Å². The Labute approximate surface area is 179 Å². The molecule has 29 heavy (non-hydrogen) atoms. The Morgan fingerprint density at radius 2 is 1.86 bits per heavy atom. The molecule has 2 heterocycles. The predicted molar refractivity (Wildman–Crippen MR) is 116 cm³/mol. The molecule has 0 radical (unpaired) electrons. The SMILES string of the molecule is Cc1c(Cl)cccc1NC(=O)c1sccc1S(=O)(=O)N1CCc2ccccc2C1. The molecule has 0 unspecified atom stereocenters. The van der Waals surface area contributed by atoms with Gasteiger partial charge < -0.3 is 5.32 Å². The molecule has 2 aromatic carbocycles. The number of nitrogens with zero attached hydrogens (tertiary/aromatic N) is 1. The summed E-state index contributed by atoms with van der Waals surface area (Å²) in [6.45, 7) is 2.50. The van der Waals surface area contributed by atoms with Crippen LogP contribution < -0.4 is 5.32 Å². The van der Waals surface area contributed by atoms with Gasteiger partial charge in [-0.1, -0.05) is 41.9 Å². The Kier molecular flexibility index (Phi) is 5.48. The Morgan fingerprint density at radius 3 is 2.66 bits per heavy atom. The molecular weight excluding hydrogens is 428 g/mol. The fourth-order valence-electron chi connectivity index (χ4n) is 3.40. The molecular formula is C21H19ClN2O3S2. The first-order valence-electron chi connectivity index (χ1n) is 9.09. The molecule has 3 aromatic rings. The first-order chi connectivity index (χ1) is 13.9. The van der Waals surface area contributed by atoms with Gasteiger partial charge in [-0.25, -0.2) is 8.42 Å². The maximum Gasteiger partial charge on any atom is 0.267 e. The van der Waals surface area contributed by atoms with Crippen LogP contribution in [0.4, 0.5) is 5.69 Å². The van der Waals surface area contributed by atoms with Gasteiger partial charge in [-0.2, -0.15) is 4.31 Å². The number of sulfonamides is 1. The Bertz CT molecular complexity index is 1190. The van der Waals surface area contributed by atoms with Crippen molar-refractivity contribution in [2.24, 2.45) is 0 Å². The number of thiophene rings is 1. The molecule has 1 N–H and O–H groups in total. The summed E-state index contributed by atoms with van der Waals surface area (Å²) in [7, 11) is -3.79. The van der Waals surface area contributed by atoms with E-state index in [1.54, 1.807) is 30.5 Å². The van der Waals surface area contributed by atoms with E-state index in [-0.39, 0.29) is 9.77 Å². The quantitative estimate of drug-likeness (QED) is 0.631. The smallest absolute Gasteiger partial charge is 0.267 e. The number of rotatable bonds is 4. The highest BCUT2D eigenvalue weighted by atomic mass is 35.5. The van der Waals surface area contributed by atoms with E-state index < -0.39 is 15.9 Å². The second kappa shape index (κ2) is 7.91. The van der Waals surface area contributed by atoms with E-state index in [1.807, 2.05) is 24.3 Å². The molecule has 150 valence electrons. The average Bonchev–Trinajstić information content (AvgIpc) is 3.22. The zero-order valence-electron chi connectivity index (χ0n) is 15.7. The molecule has 1 amide bonds. The monoisotopic (exact) mass is 446 g/mol. The van der Waals surface area contributed by atoms with Crippen LogP contribution in [0.15, 0.2) is 58.8 Å². The van der Waals surface area contributed by atoms with Crippen molar-refractivity contribution in [1.29, 1.82) is 0 Å². The van der Waals surface area contributed by atoms with Crippen molar-refractivity contribution in [2.75, 3.05) is 11.9 Å². The minimum Gasteiger partial charge on any atom is -0.321 e. The predicted octanol–water partition coefficient (Wildman–Crippen LogP) is 4.71. The summed E-state index contributed by atoms with van der Waals surface area (Å²) in [5, 5.41) is 4.95. The van der Waals surface area contributed by atoms with Crippen molar-refractivity contribution in [1.82, 2.24) is 4.31 Å². The summed E-state index contributed by atoms with van der Waals surface area (Å²) >= 11 is 7.23. The molecule has 8 heteroatoms. The molecule has 4 rings (SSSR count). The van der Waals surface area contributed by atoms with Gasteiger partial charge in [-0.05, 0) is 53.6 Å². The van der Waals surface area contributed by atoms with Gasteiger partial charge in [-0.15, -0.1) is 11.3 Å². The van der Waals surface area contributed by atoms with Gasteiger partial charge in [-0.3, -0.25) is 4.79 Å². The van der Waals surface area contributed by atoms with Gasteiger partial charge >= 0.3 is 0 Å². The number of halogens is 1. The number of benzene rings is 2. The van der Waals surface area contributed by atoms with Crippen molar-refractivity contribution in [3.05, 3.63) is 80.5 Å². The second-order valence-corrected chi connectivity index (χ2v) is 10.1. The van der Waals surface area contributed by atoms with Crippen molar-refractivity contribution in [2.45, 2.75) is 24.8 Å². The van der Waals surface area contributed by atoms with Crippen LogP contribution in [0.2, 0.25) is 5.02 Å². The van der Waals surface area contributed by atoms with Crippen molar-refractivity contribution in [3.8, 4) is 0 Å². The number of amides is 1. The topological polar surface area (TPSA) is 66.5 Å². The Morgan fingerprint density at radius 1 is 1.10 bits per heavy atom. The summed E-state index contributed by atoms with van der Waals surface area (Å²) in [6, 6.07) is 14.6. The maximum absolute atomic E-state index is 13.3. The van der Waals surface area contributed by atoms with E-state index in [1.165, 1.54) is 15.9 Å². The van der Waals surface area contributed by atoms with E-state index in [0.29, 0.717) is 30.2 Å². The largest absolute Gasteiger partial charge is 0.321 e. The number of carbonyl (C=O) groups is 1. The van der Waals surface area contributed by atoms with Crippen LogP contribution >= 0.6 is 22.9 Å². The number of anilines is 1. The lowest BCUT2D eigenvalue weighted by molar-refractivity contribution is 0.102. The highest BCUT2D eigenvalue weighted by molar-refractivity contribution is 7.89. The molecule has 0 saturated carbocycles. The van der Waals surface area contributed by atoms with Crippen LogP contribution in [0.1, 0.15) is 26.4 Å². The van der Waals surface area contributed by atoms with Crippen LogP contribution in [0.5, 0.6) is 0 Å². The first-order valence-corrected chi connectivity index (χ1v) is 11.8. The summed E-state index contributed by atoms with van der Waals surface area (Å²) in [5.74, 6) is -0.457. The van der Waals surface area contributed by atoms with Crippen LogP contribution in [0, 0.1) is 6.92 Å². The highest BCUT2D eigenvalue weighted by Gasteiger charge is 2.32. The lowest BCUT2D eigenvalue weighted by Crippen LogP contribution is -2.36. The van der Waals surface area contributed by atoms with Gasteiger partial charge in [0.05, 0.1) is 0 Å². The Hall–Kier alpha value is -2.19. The molecule has 1 aromatic heterocycles. The molecule has 0 saturated heterocycles. The normalized spacial score (nSPS) is 14.4. The minimum atomic E-state index is -3.79. The molecule has 0 aliphatic carbocycles. The van der Waals surface area contributed by atoms with Gasteiger partial charge in [0, 0.05) is 23.8 Å². The third-order valence-corrected chi connectivity index (χ3v) is 8.40. The highest BCUT2D eigenvalue weighted by Crippen LogP contribution is 2.31. The van der Waals surface area contributed by atoms with Gasteiger partial charge in [0.2, 0.25) is 10.0 Å². The molecule has 5 nitrogen and oxygen atoms in total. The maximum atomic E-state index is 13.3. The molecule has 1 aliphatic heterocycles. The molecule has 0 atom stereocenters. The lowest BCUT2D eigenvalue weighted by atomic mass is 10.0. The fourth-order valence-corrected chi connectivity index (χ4v) is 6.29. The molecule has 0 fully saturated rings. The number of carbonyl (C=O) groups excluding carboxylic acids is 1.